The van der Waals surface area contributed by atoms with E-state index in [4.69, 9.17) is 4.74 Å². The second-order valence-electron chi connectivity index (χ2n) is 2.09. The number of ether oxygens (including phenoxy) is 1. The van der Waals surface area contributed by atoms with Gasteiger partial charge in [0.05, 0.1) is 0 Å². The molecule has 0 atom stereocenters. The Morgan fingerprint density at radius 3 is 2.92 bits per heavy atom. The Hall–Kier alpha value is -1.38. The van der Waals surface area contributed by atoms with Crippen LogP contribution in [0.15, 0.2) is 24.8 Å². The van der Waals surface area contributed by atoms with Gasteiger partial charge in [-0.1, -0.05) is 12.7 Å². The molecule has 12 heavy (non-hydrogen) atoms. The van der Waals surface area contributed by atoms with E-state index in [-0.39, 0.29) is 12.4 Å². The van der Waals surface area contributed by atoms with E-state index in [1.165, 1.54) is 6.08 Å². The van der Waals surface area contributed by atoms with E-state index in [0.717, 1.165) is 12.1 Å². The molecule has 0 aromatic heterocycles. The number of rotatable bonds is 3. The van der Waals surface area contributed by atoms with Gasteiger partial charge in [-0.05, 0) is 6.07 Å². The van der Waals surface area contributed by atoms with Crippen LogP contribution in [0.1, 0.15) is 0 Å². The fourth-order valence-corrected chi connectivity index (χ4v) is 0.685. The van der Waals surface area contributed by atoms with Crippen LogP contribution in [-0.2, 0) is 0 Å². The van der Waals surface area contributed by atoms with Crippen molar-refractivity contribution in [1.82, 2.24) is 0 Å². The van der Waals surface area contributed by atoms with Gasteiger partial charge in [-0.25, -0.2) is 8.78 Å². The quantitative estimate of drug-likeness (QED) is 0.631. The number of hydrogen-bond donors (Lipinski definition) is 0. The highest BCUT2D eigenvalue weighted by Gasteiger charge is 2.03. The van der Waals surface area contributed by atoms with Crippen molar-refractivity contribution in [3.05, 3.63) is 42.5 Å². The Kier molecular flexibility index (Phi) is 2.80. The van der Waals surface area contributed by atoms with Crippen LogP contribution in [0, 0.1) is 17.7 Å². The third-order valence-corrected chi connectivity index (χ3v) is 1.17. The van der Waals surface area contributed by atoms with Crippen LogP contribution < -0.4 is 4.74 Å². The predicted molar refractivity (Wildman–Crippen MR) is 40.9 cm³/mol. The molecular formula is C9H7F2O. The van der Waals surface area contributed by atoms with Crippen LogP contribution >= 0.6 is 0 Å². The number of benzene rings is 1. The minimum Gasteiger partial charge on any atom is -0.486 e. The fourth-order valence-electron chi connectivity index (χ4n) is 0.685. The van der Waals surface area contributed by atoms with Gasteiger partial charge in [0, 0.05) is 12.1 Å². The molecule has 3 heteroatoms. The van der Waals surface area contributed by atoms with Gasteiger partial charge in [-0.2, -0.15) is 0 Å². The molecule has 1 aromatic rings. The van der Waals surface area contributed by atoms with Crippen LogP contribution in [0.25, 0.3) is 0 Å². The van der Waals surface area contributed by atoms with Gasteiger partial charge in [0.25, 0.3) is 0 Å². The average Bonchev–Trinajstić information content (AvgIpc) is 2.03. The molecule has 63 valence electrons. The van der Waals surface area contributed by atoms with Gasteiger partial charge in [0.2, 0.25) is 0 Å². The van der Waals surface area contributed by atoms with Gasteiger partial charge < -0.3 is 4.74 Å². The summed E-state index contributed by atoms with van der Waals surface area (Å²) >= 11 is 0. The molecule has 0 aliphatic heterocycles. The molecule has 0 saturated carbocycles. The zero-order chi connectivity index (χ0) is 8.97. The Bertz CT molecular complexity index is 284. The lowest BCUT2D eigenvalue weighted by molar-refractivity contribution is 0.339. The molecule has 1 radical (unpaired) electrons. The standard InChI is InChI=1S/C9H7F2O/c1-2-5-12-9-4-3-7(10)6-8(9)11/h2-3,6H,1,5H2. The van der Waals surface area contributed by atoms with Crippen molar-refractivity contribution in [3.8, 4) is 5.75 Å². The third kappa shape index (κ3) is 2.05. The van der Waals surface area contributed by atoms with Crippen molar-refractivity contribution < 1.29 is 13.5 Å². The Labute approximate surface area is 69.3 Å². The summed E-state index contributed by atoms with van der Waals surface area (Å²) in [6.07, 6.45) is 1.47. The highest BCUT2D eigenvalue weighted by Crippen LogP contribution is 2.16. The first-order valence-corrected chi connectivity index (χ1v) is 3.34. The molecule has 0 unspecified atom stereocenters. The zero-order valence-corrected chi connectivity index (χ0v) is 6.31. The number of halogens is 2. The SMILES string of the molecule is C=CCOc1[c]cc(F)cc1F. The molecule has 0 bridgehead atoms. The third-order valence-electron chi connectivity index (χ3n) is 1.17. The average molecular weight is 169 g/mol. The highest BCUT2D eigenvalue weighted by molar-refractivity contribution is 5.23. The summed E-state index contributed by atoms with van der Waals surface area (Å²) in [5.41, 5.74) is 0. The van der Waals surface area contributed by atoms with Crippen LogP contribution in [-0.4, -0.2) is 6.61 Å². The van der Waals surface area contributed by atoms with E-state index in [2.05, 4.69) is 12.6 Å². The minimum atomic E-state index is -0.753. The lowest BCUT2D eigenvalue weighted by atomic mass is 10.3. The Morgan fingerprint density at radius 2 is 2.33 bits per heavy atom. The van der Waals surface area contributed by atoms with E-state index in [9.17, 15) is 8.78 Å². The predicted octanol–water partition coefficient (Wildman–Crippen LogP) is 2.33. The molecule has 0 N–H and O–H groups in total. The molecule has 0 spiro atoms. The first-order chi connectivity index (χ1) is 5.74. The van der Waals surface area contributed by atoms with E-state index < -0.39 is 11.6 Å². The van der Waals surface area contributed by atoms with Crippen molar-refractivity contribution in [3.63, 3.8) is 0 Å². The first-order valence-electron chi connectivity index (χ1n) is 3.34. The molecule has 0 heterocycles. The second-order valence-corrected chi connectivity index (χ2v) is 2.09. The summed E-state index contributed by atoms with van der Waals surface area (Å²) in [7, 11) is 0. The molecule has 0 aliphatic carbocycles. The van der Waals surface area contributed by atoms with Crippen molar-refractivity contribution >= 4 is 0 Å². The van der Waals surface area contributed by atoms with Gasteiger partial charge >= 0.3 is 0 Å². The zero-order valence-electron chi connectivity index (χ0n) is 6.31. The summed E-state index contributed by atoms with van der Waals surface area (Å²) in [5.74, 6) is -1.51. The maximum absolute atomic E-state index is 12.7. The van der Waals surface area contributed by atoms with Crippen molar-refractivity contribution in [1.29, 1.82) is 0 Å². The largest absolute Gasteiger partial charge is 0.486 e. The molecule has 1 rings (SSSR count). The van der Waals surface area contributed by atoms with Crippen LogP contribution in [0.5, 0.6) is 5.75 Å². The van der Waals surface area contributed by atoms with E-state index >= 15 is 0 Å². The molecule has 1 aromatic carbocycles. The second kappa shape index (κ2) is 3.85. The molecule has 1 nitrogen and oxygen atoms in total. The summed E-state index contributed by atoms with van der Waals surface area (Å²) in [6.45, 7) is 3.57. The topological polar surface area (TPSA) is 9.23 Å². The monoisotopic (exact) mass is 169 g/mol. The molecule has 0 saturated heterocycles. The van der Waals surface area contributed by atoms with Gasteiger partial charge in [0.1, 0.15) is 12.4 Å². The van der Waals surface area contributed by atoms with Crippen molar-refractivity contribution in [2.45, 2.75) is 0 Å². The minimum absolute atomic E-state index is 0.0868. The molecule has 0 amide bonds. The van der Waals surface area contributed by atoms with Crippen LogP contribution in [0.3, 0.4) is 0 Å². The molecule has 0 aliphatic rings. The Morgan fingerprint density at radius 1 is 1.58 bits per heavy atom. The van der Waals surface area contributed by atoms with Gasteiger partial charge in [-0.15, -0.1) is 0 Å². The summed E-state index contributed by atoms with van der Waals surface area (Å²) in [5, 5.41) is 0. The summed E-state index contributed by atoms with van der Waals surface area (Å²) < 4.78 is 29.9. The lowest BCUT2D eigenvalue weighted by Gasteiger charge is -2.02. The van der Waals surface area contributed by atoms with Gasteiger partial charge in [0.15, 0.2) is 11.6 Å². The van der Waals surface area contributed by atoms with Crippen LogP contribution in [0.2, 0.25) is 0 Å². The maximum Gasteiger partial charge on any atom is 0.168 e. The summed E-state index contributed by atoms with van der Waals surface area (Å²) in [4.78, 5) is 0. The van der Waals surface area contributed by atoms with Crippen molar-refractivity contribution in [2.24, 2.45) is 0 Å². The maximum atomic E-state index is 12.7. The first kappa shape index (κ1) is 8.71. The molecule has 0 fully saturated rings. The van der Waals surface area contributed by atoms with Crippen LogP contribution in [0.4, 0.5) is 8.78 Å². The molecular weight excluding hydrogens is 162 g/mol. The van der Waals surface area contributed by atoms with Crippen molar-refractivity contribution in [2.75, 3.05) is 6.61 Å². The van der Waals surface area contributed by atoms with E-state index in [0.29, 0.717) is 0 Å². The smallest absolute Gasteiger partial charge is 0.168 e. The summed E-state index contributed by atoms with van der Waals surface area (Å²) in [6, 6.07) is 4.08. The fraction of sp³-hybridized carbons (Fsp3) is 0.111. The normalized spacial score (nSPS) is 9.50. The van der Waals surface area contributed by atoms with E-state index in [1.54, 1.807) is 0 Å². The highest BCUT2D eigenvalue weighted by atomic mass is 19.1. The van der Waals surface area contributed by atoms with Gasteiger partial charge in [-0.3, -0.25) is 0 Å². The lowest BCUT2D eigenvalue weighted by Crippen LogP contribution is -1.95. The van der Waals surface area contributed by atoms with E-state index in [1.807, 2.05) is 0 Å². The Balaban J connectivity index is 2.78. The number of hydrogen-bond acceptors (Lipinski definition) is 1.